The van der Waals surface area contributed by atoms with Gasteiger partial charge in [0.25, 0.3) is 0 Å². The number of sulfone groups is 1. The van der Waals surface area contributed by atoms with Crippen molar-refractivity contribution >= 4 is 9.84 Å². The van der Waals surface area contributed by atoms with Crippen molar-refractivity contribution in [3.05, 3.63) is 0 Å². The van der Waals surface area contributed by atoms with Gasteiger partial charge in [-0.05, 0) is 37.5 Å². The Morgan fingerprint density at radius 3 is 2.62 bits per heavy atom. The molecule has 2 N–H and O–H groups in total. The third-order valence-electron chi connectivity index (χ3n) is 3.64. The summed E-state index contributed by atoms with van der Waals surface area (Å²) in [4.78, 5) is 0. The van der Waals surface area contributed by atoms with Crippen molar-refractivity contribution in [1.82, 2.24) is 0 Å². The first-order valence-electron chi connectivity index (χ1n) is 6.32. The second-order valence-corrected chi connectivity index (χ2v) is 7.73. The van der Waals surface area contributed by atoms with E-state index >= 15 is 0 Å². The maximum Gasteiger partial charge on any atom is 0.147 e. The van der Waals surface area contributed by atoms with Crippen molar-refractivity contribution in [2.75, 3.05) is 12.0 Å². The van der Waals surface area contributed by atoms with Crippen LogP contribution in [0.3, 0.4) is 0 Å². The summed E-state index contributed by atoms with van der Waals surface area (Å²) in [7, 11) is -2.82. The maximum atomic E-state index is 11.0. The second-order valence-electron chi connectivity index (χ2n) is 5.47. The van der Waals surface area contributed by atoms with E-state index in [0.29, 0.717) is 12.3 Å². The molecule has 1 rings (SSSR count). The molecule has 1 fully saturated rings. The molecule has 0 aromatic rings. The monoisotopic (exact) mass is 247 g/mol. The van der Waals surface area contributed by atoms with Gasteiger partial charge in [-0.15, -0.1) is 0 Å². The van der Waals surface area contributed by atoms with Crippen LogP contribution < -0.4 is 5.73 Å². The summed E-state index contributed by atoms with van der Waals surface area (Å²) in [6.45, 7) is 2.29. The normalized spacial score (nSPS) is 28.9. The molecule has 0 aliphatic heterocycles. The molecule has 0 radical (unpaired) electrons. The lowest BCUT2D eigenvalue weighted by atomic mass is 9.78. The molecule has 0 spiro atoms. The van der Waals surface area contributed by atoms with Gasteiger partial charge in [-0.1, -0.05) is 19.8 Å². The fraction of sp³-hybridized carbons (Fsp3) is 1.00. The summed E-state index contributed by atoms with van der Waals surface area (Å²) in [5.41, 5.74) is 6.15. The summed E-state index contributed by atoms with van der Waals surface area (Å²) >= 11 is 0. The summed E-state index contributed by atoms with van der Waals surface area (Å²) in [6, 6.07) is 0.199. The van der Waals surface area contributed by atoms with E-state index in [-0.39, 0.29) is 11.8 Å². The average molecular weight is 247 g/mol. The third-order valence-corrected chi connectivity index (χ3v) is 4.67. The Hall–Kier alpha value is -0.0900. The molecule has 16 heavy (non-hydrogen) atoms. The van der Waals surface area contributed by atoms with Crippen LogP contribution in [0.4, 0.5) is 0 Å². The van der Waals surface area contributed by atoms with Gasteiger partial charge in [0.15, 0.2) is 0 Å². The lowest BCUT2D eigenvalue weighted by Crippen LogP contribution is -2.33. The number of rotatable bonds is 5. The van der Waals surface area contributed by atoms with Crippen molar-refractivity contribution in [3.63, 3.8) is 0 Å². The first-order valence-corrected chi connectivity index (χ1v) is 8.38. The van der Waals surface area contributed by atoms with E-state index in [1.807, 2.05) is 0 Å². The number of hydrogen-bond donors (Lipinski definition) is 1. The van der Waals surface area contributed by atoms with E-state index in [1.54, 1.807) is 0 Å². The minimum atomic E-state index is -2.82. The lowest BCUT2D eigenvalue weighted by Gasteiger charge is -2.31. The predicted octanol–water partition coefficient (Wildman–Crippen LogP) is 1.96. The van der Waals surface area contributed by atoms with Crippen LogP contribution in [0.5, 0.6) is 0 Å². The minimum Gasteiger partial charge on any atom is -0.327 e. The smallest absolute Gasteiger partial charge is 0.147 e. The van der Waals surface area contributed by atoms with E-state index in [4.69, 9.17) is 5.73 Å². The number of nitrogens with two attached hydrogens (primary N) is 1. The van der Waals surface area contributed by atoms with Crippen LogP contribution in [0.2, 0.25) is 0 Å². The van der Waals surface area contributed by atoms with Gasteiger partial charge in [0.2, 0.25) is 0 Å². The highest BCUT2D eigenvalue weighted by Gasteiger charge is 2.24. The molecule has 0 amide bonds. The fourth-order valence-electron chi connectivity index (χ4n) is 2.69. The first-order chi connectivity index (χ1) is 7.38. The summed E-state index contributed by atoms with van der Waals surface area (Å²) in [5.74, 6) is 1.69. The second kappa shape index (κ2) is 6.01. The molecule has 1 saturated carbocycles. The molecule has 0 aromatic heterocycles. The number of hydrogen-bond acceptors (Lipinski definition) is 3. The van der Waals surface area contributed by atoms with E-state index < -0.39 is 9.84 Å². The molecule has 0 aromatic carbocycles. The zero-order valence-corrected chi connectivity index (χ0v) is 11.3. The lowest BCUT2D eigenvalue weighted by molar-refractivity contribution is 0.239. The SMILES string of the molecule is CC1CCCC(C(N)CCCS(C)(=O)=O)C1. The van der Waals surface area contributed by atoms with Gasteiger partial charge in [0.1, 0.15) is 9.84 Å². The van der Waals surface area contributed by atoms with Gasteiger partial charge in [-0.25, -0.2) is 8.42 Å². The Balaban J connectivity index is 2.26. The van der Waals surface area contributed by atoms with Crippen molar-refractivity contribution < 1.29 is 8.42 Å². The predicted molar refractivity (Wildman–Crippen MR) is 68.0 cm³/mol. The largest absolute Gasteiger partial charge is 0.327 e. The highest BCUT2D eigenvalue weighted by atomic mass is 32.2. The van der Waals surface area contributed by atoms with E-state index in [0.717, 1.165) is 12.3 Å². The standard InChI is InChI=1S/C12H25NO2S/c1-10-5-3-6-11(9-10)12(13)7-4-8-16(2,14)15/h10-12H,3-9,13H2,1-2H3. The molecular formula is C12H25NO2S. The van der Waals surface area contributed by atoms with Gasteiger partial charge in [-0.2, -0.15) is 0 Å². The molecule has 1 aliphatic carbocycles. The Morgan fingerprint density at radius 2 is 2.06 bits per heavy atom. The van der Waals surface area contributed by atoms with Crippen molar-refractivity contribution in [3.8, 4) is 0 Å². The van der Waals surface area contributed by atoms with Gasteiger partial charge in [-0.3, -0.25) is 0 Å². The molecule has 3 unspecified atom stereocenters. The molecular weight excluding hydrogens is 222 g/mol. The first kappa shape index (κ1) is 14.0. The van der Waals surface area contributed by atoms with Crippen LogP contribution in [0.1, 0.15) is 45.4 Å². The van der Waals surface area contributed by atoms with Crippen LogP contribution >= 0.6 is 0 Å². The molecule has 1 aliphatic rings. The molecule has 0 saturated heterocycles. The Morgan fingerprint density at radius 1 is 1.38 bits per heavy atom. The molecule has 0 bridgehead atoms. The summed E-state index contributed by atoms with van der Waals surface area (Å²) in [6.07, 6.45) is 7.92. The van der Waals surface area contributed by atoms with Crippen molar-refractivity contribution in [2.24, 2.45) is 17.6 Å². The summed E-state index contributed by atoms with van der Waals surface area (Å²) < 4.78 is 22.0. The zero-order chi connectivity index (χ0) is 12.2. The quantitative estimate of drug-likeness (QED) is 0.808. The van der Waals surface area contributed by atoms with Gasteiger partial charge in [0.05, 0.1) is 0 Å². The van der Waals surface area contributed by atoms with Crippen LogP contribution in [-0.2, 0) is 9.84 Å². The highest BCUT2D eigenvalue weighted by Crippen LogP contribution is 2.31. The minimum absolute atomic E-state index is 0.199. The van der Waals surface area contributed by atoms with Crippen LogP contribution in [0, 0.1) is 11.8 Å². The Labute approximate surface area is 99.7 Å². The van der Waals surface area contributed by atoms with Crippen LogP contribution in [0.15, 0.2) is 0 Å². The Bertz CT molecular complexity index is 300. The molecule has 3 atom stereocenters. The fourth-order valence-corrected chi connectivity index (χ4v) is 3.38. The average Bonchev–Trinajstić information content (AvgIpc) is 2.15. The van der Waals surface area contributed by atoms with E-state index in [9.17, 15) is 8.42 Å². The van der Waals surface area contributed by atoms with Gasteiger partial charge < -0.3 is 5.73 Å². The van der Waals surface area contributed by atoms with Crippen LogP contribution in [0.25, 0.3) is 0 Å². The topological polar surface area (TPSA) is 60.2 Å². The highest BCUT2D eigenvalue weighted by molar-refractivity contribution is 7.90. The van der Waals surface area contributed by atoms with Crippen molar-refractivity contribution in [2.45, 2.75) is 51.5 Å². The molecule has 3 nitrogen and oxygen atoms in total. The zero-order valence-electron chi connectivity index (χ0n) is 10.5. The molecule has 96 valence electrons. The van der Waals surface area contributed by atoms with E-state index in [1.165, 1.54) is 31.9 Å². The third kappa shape index (κ3) is 5.30. The Kier molecular flexibility index (Phi) is 5.25. The van der Waals surface area contributed by atoms with Gasteiger partial charge in [0, 0.05) is 18.1 Å². The van der Waals surface area contributed by atoms with Crippen LogP contribution in [-0.4, -0.2) is 26.5 Å². The van der Waals surface area contributed by atoms with E-state index in [2.05, 4.69) is 6.92 Å². The van der Waals surface area contributed by atoms with Crippen molar-refractivity contribution in [1.29, 1.82) is 0 Å². The molecule has 0 heterocycles. The maximum absolute atomic E-state index is 11.0. The van der Waals surface area contributed by atoms with Gasteiger partial charge >= 0.3 is 0 Å². The molecule has 4 heteroatoms. The summed E-state index contributed by atoms with van der Waals surface area (Å²) in [5, 5.41) is 0.